The lowest BCUT2D eigenvalue weighted by Gasteiger charge is -2.42. The van der Waals surface area contributed by atoms with Crippen molar-refractivity contribution in [2.45, 2.75) is 51.4 Å². The highest BCUT2D eigenvalue weighted by Crippen LogP contribution is 2.46. The maximum absolute atomic E-state index is 9.56. The van der Waals surface area contributed by atoms with Gasteiger partial charge in [0.2, 0.25) is 0 Å². The summed E-state index contributed by atoms with van der Waals surface area (Å²) < 4.78 is 0. The van der Waals surface area contributed by atoms with Crippen molar-refractivity contribution in [1.82, 2.24) is 0 Å². The molecule has 1 N–H and O–H groups in total. The van der Waals surface area contributed by atoms with Gasteiger partial charge in [0.1, 0.15) is 5.71 Å². The predicted molar refractivity (Wildman–Crippen MR) is 95.6 cm³/mol. The molecule has 0 saturated heterocycles. The molecule has 0 unspecified atom stereocenters. The number of nitrogens with zero attached hydrogens (tertiary/aromatic N) is 1. The van der Waals surface area contributed by atoms with Crippen molar-refractivity contribution >= 4 is 5.71 Å². The van der Waals surface area contributed by atoms with E-state index in [0.29, 0.717) is 5.71 Å². The maximum atomic E-state index is 9.56. The van der Waals surface area contributed by atoms with E-state index in [2.05, 4.69) is 51.0 Å². The third kappa shape index (κ3) is 2.78. The van der Waals surface area contributed by atoms with Gasteiger partial charge in [0.15, 0.2) is 0 Å². The average Bonchev–Trinajstić information content (AvgIpc) is 2.54. The van der Waals surface area contributed by atoms with Gasteiger partial charge in [-0.1, -0.05) is 75.3 Å². The number of hydrogen-bond donors (Lipinski definition) is 1. The summed E-state index contributed by atoms with van der Waals surface area (Å²) in [7, 11) is 0. The van der Waals surface area contributed by atoms with Crippen LogP contribution in [0.3, 0.4) is 0 Å². The first kappa shape index (κ1) is 15.8. The molecule has 120 valence electrons. The van der Waals surface area contributed by atoms with Gasteiger partial charge in [-0.2, -0.15) is 0 Å². The van der Waals surface area contributed by atoms with Crippen molar-refractivity contribution in [1.29, 1.82) is 0 Å². The summed E-state index contributed by atoms with van der Waals surface area (Å²) in [5, 5.41) is 13.1. The monoisotopic (exact) mass is 307 g/mol. The topological polar surface area (TPSA) is 32.6 Å². The van der Waals surface area contributed by atoms with Gasteiger partial charge in [-0.15, -0.1) is 0 Å². The van der Waals surface area contributed by atoms with Crippen LogP contribution in [0.1, 0.15) is 62.8 Å². The molecule has 1 aliphatic rings. The van der Waals surface area contributed by atoms with E-state index in [1.165, 1.54) is 24.0 Å². The van der Waals surface area contributed by atoms with Crippen LogP contribution in [0.5, 0.6) is 0 Å². The molecule has 0 aromatic heterocycles. The highest BCUT2D eigenvalue weighted by Gasteiger charge is 2.37. The Bertz CT molecular complexity index is 742. The number of hydrogen-bond acceptors (Lipinski definition) is 2. The van der Waals surface area contributed by atoms with Crippen LogP contribution < -0.4 is 0 Å². The Morgan fingerprint density at radius 3 is 2.04 bits per heavy atom. The van der Waals surface area contributed by atoms with Crippen molar-refractivity contribution in [2.75, 3.05) is 0 Å². The quantitative estimate of drug-likeness (QED) is 0.458. The molecule has 0 heterocycles. The molecule has 0 atom stereocenters. The second-order valence-corrected chi connectivity index (χ2v) is 7.84. The Balaban J connectivity index is 2.14. The Morgan fingerprint density at radius 2 is 1.43 bits per heavy atom. The van der Waals surface area contributed by atoms with Crippen molar-refractivity contribution in [2.24, 2.45) is 5.16 Å². The van der Waals surface area contributed by atoms with E-state index < -0.39 is 0 Å². The van der Waals surface area contributed by atoms with E-state index in [1.54, 1.807) is 0 Å². The predicted octanol–water partition coefficient (Wildman–Crippen LogP) is 5.26. The Hall–Kier alpha value is -2.09. The van der Waals surface area contributed by atoms with E-state index in [0.717, 1.165) is 11.1 Å². The molecule has 0 amide bonds. The molecule has 2 aromatic rings. The Morgan fingerprint density at radius 1 is 0.826 bits per heavy atom. The number of benzene rings is 2. The first-order valence-electron chi connectivity index (χ1n) is 8.28. The van der Waals surface area contributed by atoms with E-state index >= 15 is 0 Å². The van der Waals surface area contributed by atoms with Crippen LogP contribution >= 0.6 is 0 Å². The lowest BCUT2D eigenvalue weighted by atomic mass is 9.63. The molecule has 2 aromatic carbocycles. The standard InChI is InChI=1S/C21H25NO/c1-20(2)12-13-21(3,4)18-14-16(10-11-17(18)20)19(22-23)15-8-6-5-7-9-15/h5-11,14,23H,12-13H2,1-4H3. The van der Waals surface area contributed by atoms with E-state index in [9.17, 15) is 5.21 Å². The zero-order valence-corrected chi connectivity index (χ0v) is 14.4. The summed E-state index contributed by atoms with van der Waals surface area (Å²) >= 11 is 0. The summed E-state index contributed by atoms with van der Waals surface area (Å²) in [4.78, 5) is 0. The molecule has 0 bridgehead atoms. The molecular weight excluding hydrogens is 282 g/mol. The fraction of sp³-hybridized carbons (Fsp3) is 0.381. The van der Waals surface area contributed by atoms with E-state index in [-0.39, 0.29) is 10.8 Å². The normalized spacial score (nSPS) is 19.2. The minimum absolute atomic E-state index is 0.151. The first-order chi connectivity index (χ1) is 10.8. The summed E-state index contributed by atoms with van der Waals surface area (Å²) in [5.41, 5.74) is 5.69. The van der Waals surface area contributed by atoms with Gasteiger partial charge in [0.25, 0.3) is 0 Å². The zero-order chi connectivity index (χ0) is 16.7. The van der Waals surface area contributed by atoms with Crippen LogP contribution in [0.2, 0.25) is 0 Å². The zero-order valence-electron chi connectivity index (χ0n) is 14.4. The molecule has 0 fully saturated rings. The molecule has 23 heavy (non-hydrogen) atoms. The highest BCUT2D eigenvalue weighted by molar-refractivity contribution is 6.12. The Labute approximate surface area is 138 Å². The molecule has 0 spiro atoms. The molecule has 0 aliphatic heterocycles. The molecule has 0 saturated carbocycles. The third-order valence-corrected chi connectivity index (χ3v) is 5.27. The summed E-state index contributed by atoms with van der Waals surface area (Å²) in [6.45, 7) is 9.25. The van der Waals surface area contributed by atoms with Crippen molar-refractivity contribution in [3.8, 4) is 0 Å². The fourth-order valence-corrected chi connectivity index (χ4v) is 3.61. The van der Waals surface area contributed by atoms with Crippen LogP contribution in [0.4, 0.5) is 0 Å². The third-order valence-electron chi connectivity index (χ3n) is 5.27. The van der Waals surface area contributed by atoms with Gasteiger partial charge in [0.05, 0.1) is 0 Å². The lowest BCUT2D eigenvalue weighted by Crippen LogP contribution is -2.34. The summed E-state index contributed by atoms with van der Waals surface area (Å²) in [5.74, 6) is 0. The van der Waals surface area contributed by atoms with Crippen LogP contribution in [-0.4, -0.2) is 10.9 Å². The average molecular weight is 307 g/mol. The molecule has 2 heteroatoms. The van der Waals surface area contributed by atoms with Crippen molar-refractivity contribution in [3.63, 3.8) is 0 Å². The van der Waals surface area contributed by atoms with Crippen LogP contribution in [-0.2, 0) is 10.8 Å². The number of oxime groups is 1. The van der Waals surface area contributed by atoms with Gasteiger partial charge in [-0.3, -0.25) is 0 Å². The smallest absolute Gasteiger partial charge is 0.117 e. The molecular formula is C21H25NO. The molecule has 2 nitrogen and oxygen atoms in total. The Kier molecular flexibility index (Phi) is 3.79. The number of fused-ring (bicyclic) bond motifs is 1. The van der Waals surface area contributed by atoms with Gasteiger partial charge in [-0.25, -0.2) is 0 Å². The SMILES string of the molecule is CC1(C)CCC(C)(C)c2cc(C(=NO)c3ccccc3)ccc21. The first-order valence-corrected chi connectivity index (χ1v) is 8.28. The van der Waals surface area contributed by atoms with Gasteiger partial charge < -0.3 is 5.21 Å². The lowest BCUT2D eigenvalue weighted by molar-refractivity contribution is 0.319. The maximum Gasteiger partial charge on any atom is 0.117 e. The molecule has 1 aliphatic carbocycles. The largest absolute Gasteiger partial charge is 0.410 e. The van der Waals surface area contributed by atoms with Gasteiger partial charge in [-0.05, 0) is 40.9 Å². The van der Waals surface area contributed by atoms with E-state index in [1.807, 2.05) is 30.3 Å². The summed E-state index contributed by atoms with van der Waals surface area (Å²) in [6, 6.07) is 16.4. The minimum atomic E-state index is 0.151. The molecule has 3 rings (SSSR count). The minimum Gasteiger partial charge on any atom is -0.410 e. The van der Waals surface area contributed by atoms with Gasteiger partial charge >= 0.3 is 0 Å². The van der Waals surface area contributed by atoms with Crippen molar-refractivity contribution in [3.05, 3.63) is 70.8 Å². The fourth-order valence-electron chi connectivity index (χ4n) is 3.61. The van der Waals surface area contributed by atoms with Crippen molar-refractivity contribution < 1.29 is 5.21 Å². The second kappa shape index (κ2) is 5.52. The number of rotatable bonds is 2. The highest BCUT2D eigenvalue weighted by atomic mass is 16.4. The van der Waals surface area contributed by atoms with Crippen LogP contribution in [0, 0.1) is 0 Å². The molecule has 0 radical (unpaired) electrons. The van der Waals surface area contributed by atoms with Crippen LogP contribution in [0.25, 0.3) is 0 Å². The van der Waals surface area contributed by atoms with Crippen LogP contribution in [0.15, 0.2) is 53.7 Å². The summed E-state index contributed by atoms with van der Waals surface area (Å²) in [6.07, 6.45) is 2.37. The second-order valence-electron chi connectivity index (χ2n) is 7.84. The van der Waals surface area contributed by atoms with Gasteiger partial charge in [0, 0.05) is 11.1 Å². The van der Waals surface area contributed by atoms with E-state index in [4.69, 9.17) is 0 Å².